The van der Waals surface area contributed by atoms with E-state index in [-0.39, 0.29) is 11.3 Å². The lowest BCUT2D eigenvalue weighted by Crippen LogP contribution is -2.47. The molecule has 0 radical (unpaired) electrons. The summed E-state index contributed by atoms with van der Waals surface area (Å²) in [5.41, 5.74) is 9.56. The Balaban J connectivity index is 1.85. The van der Waals surface area contributed by atoms with Crippen LogP contribution in [-0.4, -0.2) is 19.0 Å². The minimum atomic E-state index is 0.1000. The Morgan fingerprint density at radius 1 is 1.32 bits per heavy atom. The average molecular weight is 260 g/mol. The number of carbonyl (C=O) groups is 1. The Morgan fingerprint density at radius 2 is 2.05 bits per heavy atom. The first kappa shape index (κ1) is 14.1. The van der Waals surface area contributed by atoms with E-state index in [2.05, 4.69) is 31.3 Å². The van der Waals surface area contributed by atoms with Crippen LogP contribution in [0, 0.1) is 19.3 Å². The molecule has 1 fully saturated rings. The quantitative estimate of drug-likeness (QED) is 0.851. The molecule has 3 N–H and O–H groups in total. The molecule has 0 saturated heterocycles. The lowest BCUT2D eigenvalue weighted by atomic mass is 9.69. The smallest absolute Gasteiger partial charge is 0.224 e. The summed E-state index contributed by atoms with van der Waals surface area (Å²) in [7, 11) is 0. The summed E-state index contributed by atoms with van der Waals surface area (Å²) in [5.74, 6) is 0.1000. The number of nitrogens with two attached hydrogens (primary N) is 1. The van der Waals surface area contributed by atoms with Gasteiger partial charge in [0.05, 0.1) is 6.42 Å². The molecule has 0 aliphatic heterocycles. The number of hydrogen-bond acceptors (Lipinski definition) is 2. The maximum absolute atomic E-state index is 12.0. The van der Waals surface area contributed by atoms with E-state index < -0.39 is 0 Å². The number of aryl methyl sites for hydroxylation is 2. The summed E-state index contributed by atoms with van der Waals surface area (Å²) < 4.78 is 0. The van der Waals surface area contributed by atoms with Gasteiger partial charge in [0.2, 0.25) is 5.91 Å². The molecule has 0 spiro atoms. The van der Waals surface area contributed by atoms with E-state index in [9.17, 15) is 4.79 Å². The molecule has 0 atom stereocenters. The standard InChI is InChI=1S/C16H24N2O/c1-12-4-5-14(8-13(12)2)9-15(19)18-11-16(10-17)6-3-7-16/h4-5,8H,3,6-7,9-11,17H2,1-2H3,(H,18,19). The maximum Gasteiger partial charge on any atom is 0.224 e. The Bertz CT molecular complexity index is 458. The van der Waals surface area contributed by atoms with Gasteiger partial charge >= 0.3 is 0 Å². The number of hydrogen-bond donors (Lipinski definition) is 2. The van der Waals surface area contributed by atoms with Gasteiger partial charge < -0.3 is 11.1 Å². The molecule has 19 heavy (non-hydrogen) atoms. The molecular formula is C16H24N2O. The van der Waals surface area contributed by atoms with Crippen molar-refractivity contribution in [2.75, 3.05) is 13.1 Å². The highest BCUT2D eigenvalue weighted by atomic mass is 16.1. The van der Waals surface area contributed by atoms with Gasteiger partial charge in [-0.1, -0.05) is 24.6 Å². The van der Waals surface area contributed by atoms with Crippen LogP contribution in [0.2, 0.25) is 0 Å². The van der Waals surface area contributed by atoms with Crippen LogP contribution >= 0.6 is 0 Å². The van der Waals surface area contributed by atoms with Crippen molar-refractivity contribution in [2.24, 2.45) is 11.1 Å². The molecule has 2 rings (SSSR count). The number of carbonyl (C=O) groups excluding carboxylic acids is 1. The van der Waals surface area contributed by atoms with Crippen LogP contribution in [0.3, 0.4) is 0 Å². The zero-order valence-corrected chi connectivity index (χ0v) is 12.0. The summed E-state index contributed by atoms with van der Waals surface area (Å²) in [6, 6.07) is 6.20. The van der Waals surface area contributed by atoms with Crippen molar-refractivity contribution in [3.8, 4) is 0 Å². The zero-order valence-electron chi connectivity index (χ0n) is 12.0. The molecular weight excluding hydrogens is 236 g/mol. The third kappa shape index (κ3) is 3.35. The van der Waals surface area contributed by atoms with Crippen LogP contribution in [0.1, 0.15) is 36.0 Å². The highest BCUT2D eigenvalue weighted by Gasteiger charge is 2.35. The first-order chi connectivity index (χ1) is 9.04. The molecule has 0 heterocycles. The van der Waals surface area contributed by atoms with Crippen molar-refractivity contribution in [3.63, 3.8) is 0 Å². The van der Waals surface area contributed by atoms with Gasteiger partial charge in [-0.2, -0.15) is 0 Å². The predicted octanol–water partition coefficient (Wildman–Crippen LogP) is 2.09. The number of amides is 1. The van der Waals surface area contributed by atoms with Crippen molar-refractivity contribution in [2.45, 2.75) is 39.5 Å². The van der Waals surface area contributed by atoms with Crippen LogP contribution in [0.4, 0.5) is 0 Å². The molecule has 1 saturated carbocycles. The van der Waals surface area contributed by atoms with E-state index in [1.807, 2.05) is 6.07 Å². The minimum absolute atomic E-state index is 0.1000. The minimum Gasteiger partial charge on any atom is -0.355 e. The van der Waals surface area contributed by atoms with Gasteiger partial charge in [-0.3, -0.25) is 4.79 Å². The maximum atomic E-state index is 12.0. The molecule has 1 amide bonds. The topological polar surface area (TPSA) is 55.1 Å². The predicted molar refractivity (Wildman–Crippen MR) is 78.0 cm³/mol. The SMILES string of the molecule is Cc1ccc(CC(=O)NCC2(CN)CCC2)cc1C. The monoisotopic (exact) mass is 260 g/mol. The van der Waals surface area contributed by atoms with Gasteiger partial charge in [0, 0.05) is 6.54 Å². The Kier molecular flexibility index (Phi) is 4.25. The highest BCUT2D eigenvalue weighted by Crippen LogP contribution is 2.39. The number of rotatable bonds is 5. The van der Waals surface area contributed by atoms with Crippen LogP contribution in [0.25, 0.3) is 0 Å². The van der Waals surface area contributed by atoms with Crippen LogP contribution in [-0.2, 0) is 11.2 Å². The lowest BCUT2D eigenvalue weighted by Gasteiger charge is -2.41. The Labute approximate surface area is 115 Å². The van der Waals surface area contributed by atoms with Crippen molar-refractivity contribution in [3.05, 3.63) is 34.9 Å². The van der Waals surface area contributed by atoms with Crippen LogP contribution in [0.15, 0.2) is 18.2 Å². The van der Waals surface area contributed by atoms with Crippen molar-refractivity contribution in [1.82, 2.24) is 5.32 Å². The van der Waals surface area contributed by atoms with E-state index >= 15 is 0 Å². The lowest BCUT2D eigenvalue weighted by molar-refractivity contribution is -0.121. The third-order valence-corrected chi connectivity index (χ3v) is 4.44. The molecule has 1 aliphatic carbocycles. The molecule has 1 aliphatic rings. The largest absolute Gasteiger partial charge is 0.355 e. The average Bonchev–Trinajstić information content (AvgIpc) is 2.33. The fourth-order valence-electron chi connectivity index (χ4n) is 2.58. The Morgan fingerprint density at radius 3 is 2.58 bits per heavy atom. The second-order valence-corrected chi connectivity index (χ2v) is 5.93. The molecule has 0 unspecified atom stereocenters. The van der Waals surface area contributed by atoms with Gasteiger partial charge in [0.1, 0.15) is 0 Å². The number of benzene rings is 1. The molecule has 0 aromatic heterocycles. The third-order valence-electron chi connectivity index (χ3n) is 4.44. The van der Waals surface area contributed by atoms with E-state index in [1.165, 1.54) is 17.5 Å². The van der Waals surface area contributed by atoms with Gasteiger partial charge in [0.15, 0.2) is 0 Å². The normalized spacial score (nSPS) is 16.8. The number of nitrogens with one attached hydrogen (secondary N) is 1. The van der Waals surface area contributed by atoms with E-state index in [0.29, 0.717) is 13.0 Å². The van der Waals surface area contributed by atoms with E-state index in [0.717, 1.165) is 24.9 Å². The second kappa shape index (κ2) is 5.74. The fraction of sp³-hybridized carbons (Fsp3) is 0.562. The summed E-state index contributed by atoms with van der Waals surface area (Å²) in [4.78, 5) is 12.0. The molecule has 3 nitrogen and oxygen atoms in total. The van der Waals surface area contributed by atoms with Crippen LogP contribution in [0.5, 0.6) is 0 Å². The zero-order chi connectivity index (χ0) is 13.9. The molecule has 1 aromatic rings. The molecule has 104 valence electrons. The van der Waals surface area contributed by atoms with Crippen molar-refractivity contribution >= 4 is 5.91 Å². The summed E-state index contributed by atoms with van der Waals surface area (Å²) >= 11 is 0. The Hall–Kier alpha value is -1.35. The summed E-state index contributed by atoms with van der Waals surface area (Å²) in [6.07, 6.45) is 3.99. The van der Waals surface area contributed by atoms with Crippen LogP contribution < -0.4 is 11.1 Å². The molecule has 0 bridgehead atoms. The van der Waals surface area contributed by atoms with Crippen molar-refractivity contribution < 1.29 is 4.79 Å². The van der Waals surface area contributed by atoms with Gasteiger partial charge in [0.25, 0.3) is 0 Å². The summed E-state index contributed by atoms with van der Waals surface area (Å²) in [6.45, 7) is 5.57. The first-order valence-corrected chi connectivity index (χ1v) is 7.08. The van der Waals surface area contributed by atoms with Gasteiger partial charge in [-0.25, -0.2) is 0 Å². The van der Waals surface area contributed by atoms with Crippen molar-refractivity contribution in [1.29, 1.82) is 0 Å². The van der Waals surface area contributed by atoms with Gasteiger partial charge in [-0.15, -0.1) is 0 Å². The highest BCUT2D eigenvalue weighted by molar-refractivity contribution is 5.78. The van der Waals surface area contributed by atoms with Gasteiger partial charge in [-0.05, 0) is 55.3 Å². The van der Waals surface area contributed by atoms with E-state index in [1.54, 1.807) is 0 Å². The molecule has 3 heteroatoms. The molecule has 1 aromatic carbocycles. The summed E-state index contributed by atoms with van der Waals surface area (Å²) in [5, 5.41) is 3.04. The van der Waals surface area contributed by atoms with E-state index in [4.69, 9.17) is 5.73 Å². The first-order valence-electron chi connectivity index (χ1n) is 7.08. The fourth-order valence-corrected chi connectivity index (χ4v) is 2.58. The second-order valence-electron chi connectivity index (χ2n) is 5.93.